The molecule has 0 heterocycles. The molecule has 2 aromatic carbocycles. The molecule has 0 aliphatic rings. The molecule has 2 rings (SSSR count). The number of hydrogen-bond donors (Lipinski definition) is 0. The topological polar surface area (TPSA) is 17.1 Å². The first kappa shape index (κ1) is 15.2. The summed E-state index contributed by atoms with van der Waals surface area (Å²) < 4.78 is 52.8. The molecule has 0 N–H and O–H groups in total. The summed E-state index contributed by atoms with van der Waals surface area (Å²) in [5.74, 6) is -5.75. The fourth-order valence-corrected chi connectivity index (χ4v) is 2.04. The normalized spacial score (nSPS) is 11.5. The quantitative estimate of drug-likeness (QED) is 0.466. The maximum absolute atomic E-state index is 13.7. The molecule has 0 amide bonds. The van der Waals surface area contributed by atoms with Gasteiger partial charge in [-0.15, -0.1) is 0 Å². The number of rotatable bonds is 3. The molecular formula is C16H12F4O. The summed E-state index contributed by atoms with van der Waals surface area (Å²) in [6, 6.07) is 6.74. The van der Waals surface area contributed by atoms with E-state index in [-0.39, 0.29) is 0 Å². The van der Waals surface area contributed by atoms with Crippen molar-refractivity contribution < 1.29 is 22.4 Å². The van der Waals surface area contributed by atoms with Gasteiger partial charge in [0.1, 0.15) is 5.82 Å². The lowest BCUT2D eigenvalue weighted by Crippen LogP contribution is -2.30. The van der Waals surface area contributed by atoms with E-state index >= 15 is 0 Å². The molecule has 0 spiro atoms. The van der Waals surface area contributed by atoms with E-state index in [9.17, 15) is 22.4 Å². The third kappa shape index (κ3) is 2.68. The van der Waals surface area contributed by atoms with Crippen molar-refractivity contribution in [2.75, 3.05) is 0 Å². The van der Waals surface area contributed by atoms with Crippen molar-refractivity contribution in [2.45, 2.75) is 19.3 Å². The largest absolute Gasteiger partial charge is 0.293 e. The summed E-state index contributed by atoms with van der Waals surface area (Å²) in [4.78, 5) is 12.4. The van der Waals surface area contributed by atoms with E-state index in [1.165, 1.54) is 38.1 Å². The lowest BCUT2D eigenvalue weighted by molar-refractivity contribution is 0.0903. The van der Waals surface area contributed by atoms with Crippen molar-refractivity contribution in [3.05, 3.63) is 70.8 Å². The van der Waals surface area contributed by atoms with E-state index < -0.39 is 40.0 Å². The van der Waals surface area contributed by atoms with Crippen molar-refractivity contribution in [3.63, 3.8) is 0 Å². The molecular weight excluding hydrogens is 284 g/mol. The van der Waals surface area contributed by atoms with Crippen LogP contribution in [0.5, 0.6) is 0 Å². The SMILES string of the molecule is CC(C)(C(=O)c1ccc(F)c(F)c1F)c1ccc(F)cc1. The second-order valence-electron chi connectivity index (χ2n) is 5.18. The highest BCUT2D eigenvalue weighted by Gasteiger charge is 2.33. The highest BCUT2D eigenvalue weighted by molar-refractivity contribution is 6.03. The van der Waals surface area contributed by atoms with Gasteiger partial charge in [0.25, 0.3) is 0 Å². The molecule has 0 fully saturated rings. The molecule has 0 aliphatic carbocycles. The number of Topliss-reactive ketones (excluding diaryl/α,β-unsaturated/α-hetero) is 1. The molecule has 0 bridgehead atoms. The van der Waals surface area contributed by atoms with Crippen LogP contribution in [0.2, 0.25) is 0 Å². The molecule has 2 aromatic rings. The van der Waals surface area contributed by atoms with E-state index in [4.69, 9.17) is 0 Å². The number of halogens is 4. The standard InChI is InChI=1S/C16H12F4O/c1-16(2,9-3-5-10(17)6-4-9)15(21)11-7-8-12(18)14(20)13(11)19/h3-8H,1-2H3. The van der Waals surface area contributed by atoms with E-state index in [1.807, 2.05) is 0 Å². The Bertz CT molecular complexity index is 690. The highest BCUT2D eigenvalue weighted by Crippen LogP contribution is 2.29. The minimum atomic E-state index is -1.68. The molecule has 0 unspecified atom stereocenters. The van der Waals surface area contributed by atoms with Crippen LogP contribution in [0.15, 0.2) is 36.4 Å². The van der Waals surface area contributed by atoms with Crippen molar-refractivity contribution in [3.8, 4) is 0 Å². The first-order valence-electron chi connectivity index (χ1n) is 6.19. The molecule has 0 aliphatic heterocycles. The average Bonchev–Trinajstić information content (AvgIpc) is 2.45. The Morgan fingerprint density at radius 2 is 1.43 bits per heavy atom. The lowest BCUT2D eigenvalue weighted by atomic mass is 9.78. The zero-order chi connectivity index (χ0) is 15.8. The summed E-state index contributed by atoms with van der Waals surface area (Å²) in [5, 5.41) is 0. The fourth-order valence-electron chi connectivity index (χ4n) is 2.04. The Kier molecular flexibility index (Phi) is 3.85. The third-order valence-electron chi connectivity index (χ3n) is 3.41. The highest BCUT2D eigenvalue weighted by atomic mass is 19.2. The van der Waals surface area contributed by atoms with Crippen LogP contribution in [0, 0.1) is 23.3 Å². The predicted octanol–water partition coefficient (Wildman–Crippen LogP) is 4.40. The van der Waals surface area contributed by atoms with Crippen molar-refractivity contribution in [2.24, 2.45) is 0 Å². The minimum Gasteiger partial charge on any atom is -0.293 e. The van der Waals surface area contributed by atoms with Gasteiger partial charge in [0, 0.05) is 0 Å². The molecule has 0 radical (unpaired) electrons. The monoisotopic (exact) mass is 296 g/mol. The van der Waals surface area contributed by atoms with Crippen LogP contribution >= 0.6 is 0 Å². The van der Waals surface area contributed by atoms with Gasteiger partial charge in [-0.25, -0.2) is 17.6 Å². The number of benzene rings is 2. The van der Waals surface area contributed by atoms with Crippen LogP contribution in [0.4, 0.5) is 17.6 Å². The molecule has 110 valence electrons. The van der Waals surface area contributed by atoms with Gasteiger partial charge in [-0.3, -0.25) is 4.79 Å². The van der Waals surface area contributed by atoms with Gasteiger partial charge in [0.05, 0.1) is 11.0 Å². The van der Waals surface area contributed by atoms with E-state index in [1.54, 1.807) is 0 Å². The summed E-state index contributed by atoms with van der Waals surface area (Å²) in [5.41, 5.74) is -1.31. The van der Waals surface area contributed by atoms with Gasteiger partial charge >= 0.3 is 0 Å². The third-order valence-corrected chi connectivity index (χ3v) is 3.41. The maximum atomic E-state index is 13.7. The molecule has 0 saturated carbocycles. The van der Waals surface area contributed by atoms with E-state index in [0.29, 0.717) is 11.6 Å². The van der Waals surface area contributed by atoms with Crippen LogP contribution < -0.4 is 0 Å². The second kappa shape index (κ2) is 5.31. The smallest absolute Gasteiger partial charge is 0.195 e. The summed E-state index contributed by atoms with van der Waals surface area (Å²) in [6.07, 6.45) is 0. The van der Waals surface area contributed by atoms with Gasteiger partial charge in [0.15, 0.2) is 23.2 Å². The maximum Gasteiger partial charge on any atom is 0.195 e. The lowest BCUT2D eigenvalue weighted by Gasteiger charge is -2.24. The average molecular weight is 296 g/mol. The minimum absolute atomic E-state index is 0.443. The molecule has 1 nitrogen and oxygen atoms in total. The zero-order valence-electron chi connectivity index (χ0n) is 11.4. The van der Waals surface area contributed by atoms with Gasteiger partial charge in [-0.1, -0.05) is 12.1 Å². The van der Waals surface area contributed by atoms with Crippen molar-refractivity contribution >= 4 is 5.78 Å². The van der Waals surface area contributed by atoms with Crippen molar-refractivity contribution in [1.29, 1.82) is 0 Å². The van der Waals surface area contributed by atoms with Crippen molar-refractivity contribution in [1.82, 2.24) is 0 Å². The zero-order valence-corrected chi connectivity index (χ0v) is 11.4. The molecule has 0 atom stereocenters. The predicted molar refractivity (Wildman–Crippen MR) is 70.1 cm³/mol. The molecule has 0 saturated heterocycles. The molecule has 0 aromatic heterocycles. The number of carbonyl (C=O) groups is 1. The Labute approximate surface area is 119 Å². The summed E-state index contributed by atoms with van der Waals surface area (Å²) in [6.45, 7) is 3.01. The Balaban J connectivity index is 2.48. The van der Waals surface area contributed by atoms with E-state index in [0.717, 1.165) is 6.07 Å². The van der Waals surface area contributed by atoms with Crippen LogP contribution in [0.3, 0.4) is 0 Å². The van der Waals surface area contributed by atoms with Crippen LogP contribution in [0.1, 0.15) is 29.8 Å². The van der Waals surface area contributed by atoms with Crippen LogP contribution in [0.25, 0.3) is 0 Å². The Morgan fingerprint density at radius 1 is 0.857 bits per heavy atom. The first-order chi connectivity index (χ1) is 9.75. The fraction of sp³-hybridized carbons (Fsp3) is 0.188. The number of hydrogen-bond acceptors (Lipinski definition) is 1. The van der Waals surface area contributed by atoms with Gasteiger partial charge < -0.3 is 0 Å². The molecule has 5 heteroatoms. The molecule has 21 heavy (non-hydrogen) atoms. The van der Waals surface area contributed by atoms with Crippen LogP contribution in [-0.2, 0) is 5.41 Å². The van der Waals surface area contributed by atoms with E-state index in [2.05, 4.69) is 0 Å². The first-order valence-corrected chi connectivity index (χ1v) is 6.19. The second-order valence-corrected chi connectivity index (χ2v) is 5.18. The van der Waals surface area contributed by atoms with Gasteiger partial charge in [-0.2, -0.15) is 0 Å². The van der Waals surface area contributed by atoms with Crippen LogP contribution in [-0.4, -0.2) is 5.78 Å². The number of carbonyl (C=O) groups excluding carboxylic acids is 1. The summed E-state index contributed by atoms with van der Waals surface area (Å²) in [7, 11) is 0. The number of ketones is 1. The summed E-state index contributed by atoms with van der Waals surface area (Å²) >= 11 is 0. The van der Waals surface area contributed by atoms with Gasteiger partial charge in [0.2, 0.25) is 0 Å². The Hall–Kier alpha value is -2.17. The Morgan fingerprint density at radius 3 is 2.00 bits per heavy atom. The van der Waals surface area contributed by atoms with Gasteiger partial charge in [-0.05, 0) is 43.7 Å².